The predicted molar refractivity (Wildman–Crippen MR) is 156 cm³/mol. The van der Waals surface area contributed by atoms with Crippen molar-refractivity contribution in [3.05, 3.63) is 59.2 Å². The molecule has 0 saturated carbocycles. The van der Waals surface area contributed by atoms with E-state index in [1.165, 1.54) is 14.2 Å². The molecule has 10 heteroatoms. The van der Waals surface area contributed by atoms with Crippen LogP contribution in [0.15, 0.2) is 47.4 Å². The molecule has 0 aliphatic rings. The van der Waals surface area contributed by atoms with E-state index in [1.807, 2.05) is 38.2 Å². The van der Waals surface area contributed by atoms with Crippen LogP contribution in [0.5, 0.6) is 5.75 Å². The van der Waals surface area contributed by atoms with Crippen molar-refractivity contribution in [2.24, 2.45) is 0 Å². The summed E-state index contributed by atoms with van der Waals surface area (Å²) in [5.74, 6) is 1.47. The maximum absolute atomic E-state index is 12.6. The molecule has 0 aliphatic carbocycles. The first-order chi connectivity index (χ1) is 18.3. The van der Waals surface area contributed by atoms with Gasteiger partial charge in [-0.3, -0.25) is 9.59 Å². The predicted octanol–water partition coefficient (Wildman–Crippen LogP) is 4.56. The van der Waals surface area contributed by atoms with Gasteiger partial charge in [-0.1, -0.05) is 13.0 Å². The number of benzene rings is 2. The van der Waals surface area contributed by atoms with Gasteiger partial charge in [-0.2, -0.15) is 4.31 Å². The lowest BCUT2D eigenvalue weighted by Gasteiger charge is -2.20. The van der Waals surface area contributed by atoms with Crippen molar-refractivity contribution in [3.63, 3.8) is 0 Å². The molecular weight excluding hydrogens is 516 g/mol. The standard InChI is InChI=1S/C15H23NO4S.C14H17N3O/c1-6-7-13(17)10-16(4)21(18,19)15-11(2)8-14(20-5)9-12(15)3;1-10(18)17(3)9-11-4-6-13-12(8-11)5-7-14(15-2)16-13/h8-9H,6-7,10H2,1-5H3;4-8H,9H2,1-3H3,(H,15,16). The molecule has 2 aromatic carbocycles. The van der Waals surface area contributed by atoms with Crippen molar-refractivity contribution in [2.45, 2.75) is 52.0 Å². The van der Waals surface area contributed by atoms with Crippen molar-refractivity contribution in [1.29, 1.82) is 0 Å². The van der Waals surface area contributed by atoms with E-state index in [0.29, 0.717) is 36.3 Å². The topological polar surface area (TPSA) is 109 Å². The minimum Gasteiger partial charge on any atom is -0.497 e. The van der Waals surface area contributed by atoms with E-state index in [4.69, 9.17) is 4.74 Å². The molecule has 0 radical (unpaired) electrons. The first-order valence-electron chi connectivity index (χ1n) is 12.8. The third kappa shape index (κ3) is 8.49. The van der Waals surface area contributed by atoms with Crippen molar-refractivity contribution >= 4 is 38.4 Å². The van der Waals surface area contributed by atoms with Crippen molar-refractivity contribution in [2.75, 3.05) is 40.1 Å². The number of ketones is 1. The van der Waals surface area contributed by atoms with Gasteiger partial charge in [-0.15, -0.1) is 0 Å². The number of hydrogen-bond donors (Lipinski definition) is 1. The van der Waals surface area contributed by atoms with Gasteiger partial charge in [0, 0.05) is 46.4 Å². The third-order valence-corrected chi connectivity index (χ3v) is 8.34. The fraction of sp³-hybridized carbons (Fsp3) is 0.414. The Balaban J connectivity index is 0.000000276. The van der Waals surface area contributed by atoms with E-state index < -0.39 is 10.0 Å². The molecule has 0 aliphatic heterocycles. The molecule has 0 spiro atoms. The Labute approximate surface area is 232 Å². The molecule has 3 aromatic rings. The summed E-state index contributed by atoms with van der Waals surface area (Å²) in [5.41, 5.74) is 3.29. The number of anilines is 1. The number of hydrogen-bond acceptors (Lipinski definition) is 7. The minimum atomic E-state index is -3.68. The van der Waals surface area contributed by atoms with Crippen LogP contribution in [0.2, 0.25) is 0 Å². The average Bonchev–Trinajstić information content (AvgIpc) is 2.88. The number of rotatable bonds is 10. The second-order valence-corrected chi connectivity index (χ2v) is 11.5. The number of nitrogens with one attached hydrogen (secondary N) is 1. The van der Waals surface area contributed by atoms with Crippen molar-refractivity contribution in [3.8, 4) is 5.75 Å². The molecule has 39 heavy (non-hydrogen) atoms. The van der Waals surface area contributed by atoms with Crippen LogP contribution < -0.4 is 10.1 Å². The zero-order chi connectivity index (χ0) is 29.3. The van der Waals surface area contributed by atoms with Gasteiger partial charge in [-0.25, -0.2) is 13.4 Å². The van der Waals surface area contributed by atoms with E-state index >= 15 is 0 Å². The summed E-state index contributed by atoms with van der Waals surface area (Å²) in [5, 5.41) is 4.10. The summed E-state index contributed by atoms with van der Waals surface area (Å²) in [6, 6.07) is 13.4. The van der Waals surface area contributed by atoms with Gasteiger partial charge >= 0.3 is 0 Å². The van der Waals surface area contributed by atoms with Crippen molar-refractivity contribution in [1.82, 2.24) is 14.2 Å². The highest BCUT2D eigenvalue weighted by molar-refractivity contribution is 7.89. The molecule has 0 unspecified atom stereocenters. The summed E-state index contributed by atoms with van der Waals surface area (Å²) in [6.07, 6.45) is 1.10. The molecular formula is C29H40N4O5S. The Morgan fingerprint density at radius 2 is 1.67 bits per heavy atom. The molecule has 0 atom stereocenters. The second-order valence-electron chi connectivity index (χ2n) is 9.49. The zero-order valence-corrected chi connectivity index (χ0v) is 25.0. The molecule has 1 amide bonds. The number of methoxy groups -OCH3 is 1. The van der Waals surface area contributed by atoms with Crippen LogP contribution >= 0.6 is 0 Å². The molecule has 212 valence electrons. The number of amides is 1. The van der Waals surface area contributed by atoms with Crippen LogP contribution in [0.1, 0.15) is 43.4 Å². The van der Waals surface area contributed by atoms with Gasteiger partial charge in [-0.05, 0) is 73.4 Å². The Kier molecular flexibility index (Phi) is 11.4. The second kappa shape index (κ2) is 14.0. The molecule has 9 nitrogen and oxygen atoms in total. The number of nitrogens with zero attached hydrogens (tertiary/aromatic N) is 3. The van der Waals surface area contributed by atoms with Gasteiger partial charge in [0.25, 0.3) is 0 Å². The fourth-order valence-electron chi connectivity index (χ4n) is 4.08. The summed E-state index contributed by atoms with van der Waals surface area (Å²) in [6.45, 7) is 7.44. The van der Waals surface area contributed by atoms with E-state index in [2.05, 4.69) is 16.4 Å². The summed E-state index contributed by atoms with van der Waals surface area (Å²) in [7, 11) is 2.95. The van der Waals surface area contributed by atoms with E-state index in [1.54, 1.807) is 44.9 Å². The van der Waals surface area contributed by atoms with E-state index in [0.717, 1.165) is 26.6 Å². The molecule has 1 heterocycles. The number of Topliss-reactive ketones (excluding diaryl/α,β-unsaturated/α-hetero) is 1. The largest absolute Gasteiger partial charge is 0.497 e. The van der Waals surface area contributed by atoms with Crippen LogP contribution in [0.3, 0.4) is 0 Å². The Bertz CT molecular complexity index is 1400. The SMILES string of the molecule is CCCC(=O)CN(C)S(=O)(=O)c1c(C)cc(OC)cc1C.CNc1ccc2cc(CN(C)C(C)=O)ccc2n1. The smallest absolute Gasteiger partial charge is 0.243 e. The van der Waals surface area contributed by atoms with Gasteiger partial charge in [0.1, 0.15) is 17.4 Å². The first kappa shape index (κ1) is 31.7. The molecule has 1 aromatic heterocycles. The number of fused-ring (bicyclic) bond motifs is 1. The lowest BCUT2D eigenvalue weighted by Crippen LogP contribution is -2.33. The van der Waals surface area contributed by atoms with E-state index in [-0.39, 0.29) is 23.1 Å². The maximum atomic E-state index is 12.6. The van der Waals surface area contributed by atoms with Crippen LogP contribution in [0.25, 0.3) is 10.9 Å². The van der Waals surface area contributed by atoms with Gasteiger partial charge in [0.15, 0.2) is 0 Å². The average molecular weight is 557 g/mol. The normalized spacial score (nSPS) is 11.1. The minimum absolute atomic E-state index is 0.0683. The Hall–Kier alpha value is -3.50. The number of sulfonamides is 1. The molecule has 1 N–H and O–H groups in total. The van der Waals surface area contributed by atoms with Crippen LogP contribution in [0, 0.1) is 13.8 Å². The number of aryl methyl sites for hydroxylation is 2. The first-order valence-corrected chi connectivity index (χ1v) is 14.2. The number of pyridine rings is 1. The van der Waals surface area contributed by atoms with Gasteiger partial charge < -0.3 is 15.0 Å². The molecule has 0 fully saturated rings. The lowest BCUT2D eigenvalue weighted by atomic mass is 10.1. The third-order valence-electron chi connectivity index (χ3n) is 6.23. The lowest BCUT2D eigenvalue weighted by molar-refractivity contribution is -0.128. The fourth-order valence-corrected chi connectivity index (χ4v) is 5.64. The number of carbonyl (C=O) groups excluding carboxylic acids is 2. The molecule has 0 bridgehead atoms. The quantitative estimate of drug-likeness (QED) is 0.390. The number of aromatic nitrogens is 1. The molecule has 0 saturated heterocycles. The highest BCUT2D eigenvalue weighted by atomic mass is 32.2. The van der Waals surface area contributed by atoms with Crippen LogP contribution in [-0.2, 0) is 26.2 Å². The number of likely N-dealkylation sites (N-methyl/N-ethyl adjacent to an activating group) is 1. The van der Waals surface area contributed by atoms with Gasteiger partial charge in [0.05, 0.1) is 24.1 Å². The van der Waals surface area contributed by atoms with Crippen LogP contribution in [-0.4, -0.2) is 69.1 Å². The molecule has 3 rings (SSSR count). The Morgan fingerprint density at radius 1 is 1.03 bits per heavy atom. The van der Waals surface area contributed by atoms with Crippen molar-refractivity contribution < 1.29 is 22.7 Å². The summed E-state index contributed by atoms with van der Waals surface area (Å²) in [4.78, 5) is 29.3. The summed E-state index contributed by atoms with van der Waals surface area (Å²) < 4.78 is 31.5. The van der Waals surface area contributed by atoms with Gasteiger partial charge in [0.2, 0.25) is 15.9 Å². The highest BCUT2D eigenvalue weighted by Crippen LogP contribution is 2.27. The number of ether oxygens (including phenoxy) is 1. The summed E-state index contributed by atoms with van der Waals surface area (Å²) >= 11 is 0. The van der Waals surface area contributed by atoms with Crippen LogP contribution in [0.4, 0.5) is 5.82 Å². The maximum Gasteiger partial charge on any atom is 0.243 e. The zero-order valence-electron chi connectivity index (χ0n) is 24.2. The monoisotopic (exact) mass is 556 g/mol. The number of carbonyl (C=O) groups is 2. The van der Waals surface area contributed by atoms with E-state index in [9.17, 15) is 18.0 Å². The Morgan fingerprint density at radius 3 is 2.21 bits per heavy atom. The highest BCUT2D eigenvalue weighted by Gasteiger charge is 2.26.